The van der Waals surface area contributed by atoms with Crippen LogP contribution < -0.4 is 5.32 Å². The molecule has 0 unspecified atom stereocenters. The summed E-state index contributed by atoms with van der Waals surface area (Å²) in [4.78, 5) is 11.1. The maximum absolute atomic E-state index is 11.1. The Morgan fingerprint density at radius 1 is 1.41 bits per heavy atom. The van der Waals surface area contributed by atoms with Crippen molar-refractivity contribution in [1.29, 1.82) is 0 Å². The van der Waals surface area contributed by atoms with Crippen molar-refractivity contribution < 1.29 is 14.3 Å². The Kier molecular flexibility index (Phi) is 3.14. The lowest BCUT2D eigenvalue weighted by molar-refractivity contribution is 0.0698. The molecule has 4 heteroatoms. The molecule has 0 bridgehead atoms. The highest BCUT2D eigenvalue weighted by atomic mass is 16.4. The van der Waals surface area contributed by atoms with E-state index < -0.39 is 5.97 Å². The Labute approximate surface area is 98.9 Å². The fourth-order valence-corrected chi connectivity index (χ4v) is 1.58. The van der Waals surface area contributed by atoms with Crippen molar-refractivity contribution >= 4 is 11.7 Å². The van der Waals surface area contributed by atoms with Crippen LogP contribution in [0.1, 0.15) is 21.5 Å². The Morgan fingerprint density at radius 2 is 2.24 bits per heavy atom. The Hall–Kier alpha value is -2.23. The summed E-state index contributed by atoms with van der Waals surface area (Å²) in [7, 11) is 0. The molecule has 17 heavy (non-hydrogen) atoms. The molecule has 0 radical (unpaired) electrons. The van der Waals surface area contributed by atoms with E-state index in [-0.39, 0.29) is 5.56 Å². The highest BCUT2D eigenvalue weighted by Crippen LogP contribution is 2.18. The van der Waals surface area contributed by atoms with Crippen molar-refractivity contribution in [3.8, 4) is 0 Å². The van der Waals surface area contributed by atoms with Crippen LogP contribution in [0.2, 0.25) is 0 Å². The molecule has 0 spiro atoms. The van der Waals surface area contributed by atoms with Crippen LogP contribution in [0.5, 0.6) is 0 Å². The number of carboxylic acids is 1. The number of carbonyl (C=O) groups is 1. The number of hydrogen-bond donors (Lipinski definition) is 2. The third-order valence-electron chi connectivity index (χ3n) is 2.47. The van der Waals surface area contributed by atoms with E-state index in [1.54, 1.807) is 24.7 Å². The summed E-state index contributed by atoms with van der Waals surface area (Å²) < 4.78 is 4.94. The van der Waals surface area contributed by atoms with E-state index in [1.807, 2.05) is 19.1 Å². The van der Waals surface area contributed by atoms with Gasteiger partial charge < -0.3 is 14.8 Å². The monoisotopic (exact) mass is 231 g/mol. The fourth-order valence-electron chi connectivity index (χ4n) is 1.58. The number of nitrogens with one attached hydrogen (secondary N) is 1. The van der Waals surface area contributed by atoms with Crippen LogP contribution in [0.15, 0.2) is 41.2 Å². The van der Waals surface area contributed by atoms with Crippen LogP contribution >= 0.6 is 0 Å². The number of benzene rings is 1. The molecule has 1 heterocycles. The van der Waals surface area contributed by atoms with Crippen molar-refractivity contribution in [1.82, 2.24) is 0 Å². The number of carboxylic acid groups (broad SMARTS) is 1. The first-order valence-corrected chi connectivity index (χ1v) is 5.25. The van der Waals surface area contributed by atoms with Crippen LogP contribution in [0.25, 0.3) is 0 Å². The van der Waals surface area contributed by atoms with Gasteiger partial charge in [0.05, 0.1) is 18.1 Å². The average Bonchev–Trinajstić information content (AvgIpc) is 2.80. The van der Waals surface area contributed by atoms with Gasteiger partial charge in [0.1, 0.15) is 0 Å². The van der Waals surface area contributed by atoms with Gasteiger partial charge in [-0.15, -0.1) is 0 Å². The molecule has 0 aliphatic rings. The zero-order valence-electron chi connectivity index (χ0n) is 9.43. The van der Waals surface area contributed by atoms with Gasteiger partial charge in [-0.2, -0.15) is 0 Å². The lowest BCUT2D eigenvalue weighted by atomic mass is 10.1. The van der Waals surface area contributed by atoms with Crippen molar-refractivity contribution in [2.75, 3.05) is 5.32 Å². The molecule has 0 amide bonds. The SMILES string of the molecule is Cc1ccc(NCc2ccoc2)c(C(=O)O)c1. The minimum atomic E-state index is -0.927. The van der Waals surface area contributed by atoms with Gasteiger partial charge >= 0.3 is 5.97 Å². The molecule has 2 aromatic rings. The molecule has 0 aliphatic heterocycles. The molecule has 2 rings (SSSR count). The smallest absolute Gasteiger partial charge is 0.337 e. The first kappa shape index (κ1) is 11.3. The summed E-state index contributed by atoms with van der Waals surface area (Å²) in [5.41, 5.74) is 2.80. The Morgan fingerprint density at radius 3 is 2.88 bits per heavy atom. The predicted molar refractivity (Wildman–Crippen MR) is 64.2 cm³/mol. The van der Waals surface area contributed by atoms with Gasteiger partial charge in [-0.05, 0) is 25.1 Å². The van der Waals surface area contributed by atoms with Gasteiger partial charge in [0.2, 0.25) is 0 Å². The van der Waals surface area contributed by atoms with Crippen LogP contribution in [-0.2, 0) is 6.54 Å². The number of aromatic carboxylic acids is 1. The lowest BCUT2D eigenvalue weighted by Crippen LogP contribution is -2.06. The van der Waals surface area contributed by atoms with Crippen molar-refractivity contribution in [2.45, 2.75) is 13.5 Å². The zero-order valence-corrected chi connectivity index (χ0v) is 9.43. The second-order valence-electron chi connectivity index (χ2n) is 3.84. The lowest BCUT2D eigenvalue weighted by Gasteiger charge is -2.09. The standard InChI is InChI=1S/C13H13NO3/c1-9-2-3-12(11(6-9)13(15)16)14-7-10-4-5-17-8-10/h2-6,8,14H,7H2,1H3,(H,15,16). The van der Waals surface area contributed by atoms with Gasteiger partial charge in [0.15, 0.2) is 0 Å². The summed E-state index contributed by atoms with van der Waals surface area (Å²) >= 11 is 0. The van der Waals surface area contributed by atoms with E-state index in [4.69, 9.17) is 9.52 Å². The largest absolute Gasteiger partial charge is 0.478 e. The molecule has 4 nitrogen and oxygen atoms in total. The Balaban J connectivity index is 2.17. The second kappa shape index (κ2) is 4.74. The van der Waals surface area contributed by atoms with Crippen LogP contribution in [0.4, 0.5) is 5.69 Å². The molecule has 88 valence electrons. The van der Waals surface area contributed by atoms with Crippen molar-refractivity contribution in [2.24, 2.45) is 0 Å². The zero-order chi connectivity index (χ0) is 12.3. The summed E-state index contributed by atoms with van der Waals surface area (Å²) in [6, 6.07) is 7.14. The van der Waals surface area contributed by atoms with E-state index in [0.29, 0.717) is 12.2 Å². The quantitative estimate of drug-likeness (QED) is 0.849. The molecule has 1 aromatic carbocycles. The highest BCUT2D eigenvalue weighted by Gasteiger charge is 2.09. The van der Waals surface area contributed by atoms with Gasteiger partial charge in [-0.25, -0.2) is 4.79 Å². The Bertz CT molecular complexity index is 517. The highest BCUT2D eigenvalue weighted by molar-refractivity contribution is 5.94. The van der Waals surface area contributed by atoms with Crippen LogP contribution in [0, 0.1) is 6.92 Å². The number of hydrogen-bond acceptors (Lipinski definition) is 3. The van der Waals surface area contributed by atoms with Crippen LogP contribution in [0.3, 0.4) is 0 Å². The third-order valence-corrected chi connectivity index (χ3v) is 2.47. The maximum atomic E-state index is 11.1. The minimum absolute atomic E-state index is 0.286. The van der Waals surface area contributed by atoms with Gasteiger partial charge in [0.25, 0.3) is 0 Å². The number of rotatable bonds is 4. The van der Waals surface area contributed by atoms with E-state index in [9.17, 15) is 4.79 Å². The van der Waals surface area contributed by atoms with Gasteiger partial charge in [0, 0.05) is 17.8 Å². The number of furan rings is 1. The van der Waals surface area contributed by atoms with Crippen LogP contribution in [-0.4, -0.2) is 11.1 Å². The molecular weight excluding hydrogens is 218 g/mol. The van der Waals surface area contributed by atoms with Crippen molar-refractivity contribution in [3.05, 3.63) is 53.5 Å². The third kappa shape index (κ3) is 2.66. The molecule has 0 saturated heterocycles. The van der Waals surface area contributed by atoms with E-state index in [2.05, 4.69) is 5.32 Å². The van der Waals surface area contributed by atoms with Gasteiger partial charge in [-0.3, -0.25) is 0 Å². The summed E-state index contributed by atoms with van der Waals surface area (Å²) in [5, 5.41) is 12.2. The number of anilines is 1. The molecule has 1 aromatic heterocycles. The minimum Gasteiger partial charge on any atom is -0.478 e. The predicted octanol–water partition coefficient (Wildman–Crippen LogP) is 2.90. The van der Waals surface area contributed by atoms with E-state index in [0.717, 1.165) is 11.1 Å². The summed E-state index contributed by atoms with van der Waals surface area (Å²) in [6.45, 7) is 2.41. The topological polar surface area (TPSA) is 62.5 Å². The molecule has 0 saturated carbocycles. The molecule has 0 fully saturated rings. The maximum Gasteiger partial charge on any atom is 0.337 e. The van der Waals surface area contributed by atoms with E-state index >= 15 is 0 Å². The first-order valence-electron chi connectivity index (χ1n) is 5.25. The van der Waals surface area contributed by atoms with Crippen molar-refractivity contribution in [3.63, 3.8) is 0 Å². The fraction of sp³-hybridized carbons (Fsp3) is 0.154. The number of aryl methyl sites for hydroxylation is 1. The summed E-state index contributed by atoms with van der Waals surface area (Å²) in [5.74, 6) is -0.927. The van der Waals surface area contributed by atoms with Gasteiger partial charge in [-0.1, -0.05) is 11.6 Å². The first-order chi connectivity index (χ1) is 8.16. The molecule has 0 atom stereocenters. The average molecular weight is 231 g/mol. The second-order valence-corrected chi connectivity index (χ2v) is 3.84. The summed E-state index contributed by atoms with van der Waals surface area (Å²) in [6.07, 6.45) is 3.21. The molecular formula is C13H13NO3. The molecule has 0 aliphatic carbocycles. The molecule has 2 N–H and O–H groups in total. The van der Waals surface area contributed by atoms with E-state index in [1.165, 1.54) is 0 Å². The normalized spacial score (nSPS) is 10.2.